The molecule has 2 aliphatic carbocycles. The summed E-state index contributed by atoms with van der Waals surface area (Å²) < 4.78 is 40.1. The second kappa shape index (κ2) is 15.0. The third-order valence-electron chi connectivity index (χ3n) is 10.7. The van der Waals surface area contributed by atoms with Gasteiger partial charge in [0.2, 0.25) is 0 Å². The molecule has 17 heteroatoms. The summed E-state index contributed by atoms with van der Waals surface area (Å²) in [6, 6.07) is -2.05. The molecule has 0 amide bonds. The lowest BCUT2D eigenvalue weighted by Crippen LogP contribution is -2.68. The first kappa shape index (κ1) is 34.5. The van der Waals surface area contributed by atoms with Gasteiger partial charge in [0, 0.05) is 25.2 Å². The fourth-order valence-electron chi connectivity index (χ4n) is 8.16. The van der Waals surface area contributed by atoms with E-state index in [1.165, 1.54) is 0 Å². The number of rotatable bonds is 8. The normalized spacial score (nSPS) is 50.7. The van der Waals surface area contributed by atoms with Crippen LogP contribution in [0.3, 0.4) is 0 Å². The van der Waals surface area contributed by atoms with E-state index in [1.807, 2.05) is 0 Å². The second-order valence-electron chi connectivity index (χ2n) is 13.6. The zero-order valence-corrected chi connectivity index (χ0v) is 26.1. The van der Waals surface area contributed by atoms with Gasteiger partial charge in [-0.2, -0.15) is 11.1 Å². The van der Waals surface area contributed by atoms with Gasteiger partial charge in [0.1, 0.15) is 59.8 Å². The number of aliphatic hydroxyl groups is 6. The number of thioether (sulfide) groups is 1. The van der Waals surface area contributed by atoms with Gasteiger partial charge in [-0.1, -0.05) is 24.6 Å². The molecule has 4 saturated heterocycles. The van der Waals surface area contributed by atoms with Crippen LogP contribution in [0.2, 0.25) is 0 Å². The van der Waals surface area contributed by atoms with Crippen molar-refractivity contribution in [1.29, 1.82) is 0 Å². The van der Waals surface area contributed by atoms with Gasteiger partial charge in [-0.15, -0.1) is 0 Å². The lowest BCUT2D eigenvalue weighted by Gasteiger charge is -2.49. The second-order valence-corrected chi connectivity index (χ2v) is 14.8. The monoisotopic (exact) mass is 668 g/mol. The average Bonchev–Trinajstić information content (AvgIpc) is 3.71. The van der Waals surface area contributed by atoms with Crippen LogP contribution < -0.4 is 21.9 Å². The molecule has 6 rings (SSSR count). The van der Waals surface area contributed by atoms with Gasteiger partial charge in [-0.3, -0.25) is 0 Å². The number of ether oxygens (including phenoxy) is 2. The van der Waals surface area contributed by atoms with Gasteiger partial charge in [-0.05, 0) is 50.4 Å². The van der Waals surface area contributed by atoms with Crippen molar-refractivity contribution >= 4 is 11.8 Å². The third kappa shape index (κ3) is 7.33. The molecule has 2 saturated carbocycles. The Morgan fingerprint density at radius 2 is 1.07 bits per heavy atom. The van der Waals surface area contributed by atoms with E-state index in [1.54, 1.807) is 10.0 Å². The summed E-state index contributed by atoms with van der Waals surface area (Å²) in [6.45, 7) is -0.292. The lowest BCUT2D eigenvalue weighted by molar-refractivity contribution is -0.203. The summed E-state index contributed by atoms with van der Waals surface area (Å²) in [5.74, 6) is 0.182. The van der Waals surface area contributed by atoms with E-state index in [-0.39, 0.29) is 23.9 Å². The Bertz CT molecular complexity index is 903. The van der Waals surface area contributed by atoms with Crippen molar-refractivity contribution in [3.05, 3.63) is 0 Å². The first-order valence-electron chi connectivity index (χ1n) is 16.4. The SMILES string of the molecule is OC[C@H]1O[C@@H](S[C@@H]2O[C@H](CO)[C@H](O)[C@H](N3CC(C4CCCC(F)C4)NN3)[C@H]2O)[C@H](O)[C@@H](N2CC(C3CCCC(F)C3)NN2)[C@H]1O. The number of alkyl halides is 2. The highest BCUT2D eigenvalue weighted by Gasteiger charge is 2.54. The first-order valence-corrected chi connectivity index (χ1v) is 17.4. The van der Waals surface area contributed by atoms with Crippen LogP contribution in [0.1, 0.15) is 51.4 Å². The van der Waals surface area contributed by atoms with E-state index < -0.39 is 85.1 Å². The van der Waals surface area contributed by atoms with Crippen LogP contribution in [0.4, 0.5) is 8.78 Å². The Labute approximate surface area is 266 Å². The van der Waals surface area contributed by atoms with Crippen LogP contribution >= 0.6 is 11.8 Å². The Balaban J connectivity index is 1.13. The van der Waals surface area contributed by atoms with Crippen LogP contribution in [0.15, 0.2) is 0 Å². The van der Waals surface area contributed by atoms with Crippen molar-refractivity contribution in [3.8, 4) is 0 Å². The summed E-state index contributed by atoms with van der Waals surface area (Å²) in [6.07, 6.45) is -3.63. The molecular formula is C28H50F2N6O8S. The Morgan fingerprint density at radius 1 is 0.644 bits per heavy atom. The fourth-order valence-corrected chi connectivity index (χ4v) is 9.48. The summed E-state index contributed by atoms with van der Waals surface area (Å²) in [5.41, 5.74) is 10.3. The van der Waals surface area contributed by atoms with E-state index in [2.05, 4.69) is 21.9 Å². The number of hydrogen-bond acceptors (Lipinski definition) is 15. The predicted octanol–water partition coefficient (Wildman–Crippen LogP) is -2.22. The molecule has 10 N–H and O–H groups in total. The van der Waals surface area contributed by atoms with Gasteiger partial charge < -0.3 is 40.1 Å². The molecule has 0 radical (unpaired) electrons. The van der Waals surface area contributed by atoms with Crippen LogP contribution in [-0.4, -0.2) is 151 Å². The molecule has 0 aromatic rings. The molecule has 45 heavy (non-hydrogen) atoms. The molecule has 4 aliphatic heterocycles. The molecular weight excluding hydrogens is 618 g/mol. The summed E-state index contributed by atoms with van der Waals surface area (Å²) in [7, 11) is 0. The van der Waals surface area contributed by atoms with E-state index >= 15 is 0 Å². The molecule has 6 aliphatic rings. The van der Waals surface area contributed by atoms with Crippen molar-refractivity contribution in [1.82, 2.24) is 31.9 Å². The number of hydrazine groups is 4. The smallest absolute Gasteiger partial charge is 0.133 e. The van der Waals surface area contributed by atoms with Crippen molar-refractivity contribution in [3.63, 3.8) is 0 Å². The minimum atomic E-state index is -1.31. The fraction of sp³-hybridized carbons (Fsp3) is 1.00. The summed E-state index contributed by atoms with van der Waals surface area (Å²) in [4.78, 5) is 0. The highest BCUT2D eigenvalue weighted by atomic mass is 32.2. The number of nitrogens with one attached hydrogen (secondary N) is 4. The molecule has 16 atom stereocenters. The number of hydrogen-bond donors (Lipinski definition) is 10. The third-order valence-corrected chi connectivity index (χ3v) is 12.0. The highest BCUT2D eigenvalue weighted by Crippen LogP contribution is 2.40. The van der Waals surface area contributed by atoms with Gasteiger partial charge in [0.25, 0.3) is 0 Å². The number of halogens is 2. The molecule has 0 bridgehead atoms. The molecule has 4 heterocycles. The minimum Gasteiger partial charge on any atom is -0.394 e. The quantitative estimate of drug-likeness (QED) is 0.134. The first-order chi connectivity index (χ1) is 21.7. The van der Waals surface area contributed by atoms with Crippen molar-refractivity contribution in [2.45, 2.75) is 135 Å². The summed E-state index contributed by atoms with van der Waals surface area (Å²) in [5, 5.41) is 68.7. The Morgan fingerprint density at radius 3 is 1.44 bits per heavy atom. The standard InChI is InChI=1S/C28H50F2N6O8S/c29-15-5-1-3-13(7-15)17-9-35(33-31-17)21-23(39)19(11-37)43-27(25(21)41)45-28-26(42)22(24(40)20(12-38)44-28)36-10-18(32-34-36)14-4-2-6-16(30)8-14/h13-28,31-34,37-42H,1-12H2/t13?,14?,15?,16?,17?,18?,19-,20-,21+,22+,23+,24+,25-,26-,27+,28+/m1/s1. The molecule has 0 spiro atoms. The predicted molar refractivity (Wildman–Crippen MR) is 158 cm³/mol. The maximum Gasteiger partial charge on any atom is 0.133 e. The lowest BCUT2D eigenvalue weighted by atomic mass is 9.83. The number of nitrogens with zero attached hydrogens (tertiary/aromatic N) is 2. The van der Waals surface area contributed by atoms with Gasteiger partial charge in [-0.25, -0.2) is 29.7 Å². The van der Waals surface area contributed by atoms with E-state index in [0.29, 0.717) is 38.8 Å². The van der Waals surface area contributed by atoms with E-state index in [4.69, 9.17) is 9.47 Å². The van der Waals surface area contributed by atoms with Crippen molar-refractivity contribution < 1.29 is 48.9 Å². The summed E-state index contributed by atoms with van der Waals surface area (Å²) >= 11 is 0.946. The van der Waals surface area contributed by atoms with Gasteiger partial charge in [0.15, 0.2) is 0 Å². The molecule has 14 nitrogen and oxygen atoms in total. The molecule has 0 aromatic heterocycles. The van der Waals surface area contributed by atoms with E-state index in [9.17, 15) is 39.4 Å². The van der Waals surface area contributed by atoms with Crippen molar-refractivity contribution in [2.75, 3.05) is 26.3 Å². The average molecular weight is 669 g/mol. The van der Waals surface area contributed by atoms with Gasteiger partial charge in [0.05, 0.1) is 25.3 Å². The number of aliphatic hydroxyl groups excluding tert-OH is 6. The Kier molecular flexibility index (Phi) is 11.5. The maximum atomic E-state index is 14.1. The molecule has 260 valence electrons. The molecule has 6 fully saturated rings. The largest absolute Gasteiger partial charge is 0.394 e. The van der Waals surface area contributed by atoms with Crippen LogP contribution in [-0.2, 0) is 9.47 Å². The van der Waals surface area contributed by atoms with Crippen LogP contribution in [0.5, 0.6) is 0 Å². The molecule has 0 aromatic carbocycles. The topological polar surface area (TPSA) is 194 Å². The maximum absolute atomic E-state index is 14.1. The highest BCUT2D eigenvalue weighted by molar-refractivity contribution is 8.00. The van der Waals surface area contributed by atoms with Crippen molar-refractivity contribution in [2.24, 2.45) is 11.8 Å². The van der Waals surface area contributed by atoms with E-state index in [0.717, 1.165) is 37.4 Å². The van der Waals surface area contributed by atoms with Crippen LogP contribution in [0.25, 0.3) is 0 Å². The molecule has 6 unspecified atom stereocenters. The Hall–Kier alpha value is -0.350. The minimum absolute atomic E-state index is 0.0912. The van der Waals surface area contributed by atoms with Crippen LogP contribution in [0, 0.1) is 11.8 Å². The van der Waals surface area contributed by atoms with Gasteiger partial charge >= 0.3 is 0 Å². The zero-order valence-electron chi connectivity index (χ0n) is 25.3. The zero-order chi connectivity index (χ0) is 31.8.